The van der Waals surface area contributed by atoms with Crippen LogP contribution in [-0.4, -0.2) is 51.3 Å². The van der Waals surface area contributed by atoms with E-state index in [9.17, 15) is 19.4 Å². The molecule has 202 valence electrons. The standard InChI is InChI=1S/C31H37FN2O4/c1-21(2)30-27(16-15-25(35)19-26(36)20-28(37)38)29(22-11-13-24(32)14-12-22)31(23-9-5-3-6-10-23)34(30)33-17-7-4-8-18-33/h3,5-6,9-16,21,25-26,35-36H,4,7-8,17-20H2,1-2H3,(H,37,38)/b16-15+. The van der Waals surface area contributed by atoms with Crippen molar-refractivity contribution in [1.82, 2.24) is 4.68 Å². The van der Waals surface area contributed by atoms with E-state index >= 15 is 0 Å². The van der Waals surface area contributed by atoms with Crippen LogP contribution in [-0.2, 0) is 4.79 Å². The highest BCUT2D eigenvalue weighted by Gasteiger charge is 2.29. The van der Waals surface area contributed by atoms with Gasteiger partial charge in [-0.1, -0.05) is 68.5 Å². The first-order valence-electron chi connectivity index (χ1n) is 13.4. The van der Waals surface area contributed by atoms with Gasteiger partial charge in [0.1, 0.15) is 5.82 Å². The molecule has 1 aliphatic rings. The zero-order chi connectivity index (χ0) is 27.2. The number of aliphatic carboxylic acids is 1. The smallest absolute Gasteiger partial charge is 0.305 e. The number of aliphatic hydroxyl groups is 2. The van der Waals surface area contributed by atoms with E-state index in [0.29, 0.717) is 0 Å². The van der Waals surface area contributed by atoms with Crippen LogP contribution in [0.4, 0.5) is 4.39 Å². The number of hydrogen-bond acceptors (Lipinski definition) is 4. The summed E-state index contributed by atoms with van der Waals surface area (Å²) >= 11 is 0. The Morgan fingerprint density at radius 3 is 2.24 bits per heavy atom. The van der Waals surface area contributed by atoms with Crippen molar-refractivity contribution in [2.24, 2.45) is 0 Å². The Labute approximate surface area is 223 Å². The average Bonchev–Trinajstić information content (AvgIpc) is 3.24. The molecular formula is C31H37FN2O4. The minimum atomic E-state index is -1.15. The van der Waals surface area contributed by atoms with Gasteiger partial charge in [-0.15, -0.1) is 0 Å². The van der Waals surface area contributed by atoms with E-state index in [1.54, 1.807) is 18.2 Å². The molecule has 1 saturated heterocycles. The lowest BCUT2D eigenvalue weighted by Crippen LogP contribution is -2.40. The van der Waals surface area contributed by atoms with E-state index in [0.717, 1.165) is 59.6 Å². The van der Waals surface area contributed by atoms with Gasteiger partial charge in [0.15, 0.2) is 0 Å². The molecule has 0 amide bonds. The fourth-order valence-electron chi connectivity index (χ4n) is 5.31. The number of carboxylic acid groups (broad SMARTS) is 1. The number of aromatic nitrogens is 1. The second-order valence-corrected chi connectivity index (χ2v) is 10.3. The third-order valence-electron chi connectivity index (χ3n) is 6.97. The zero-order valence-electron chi connectivity index (χ0n) is 22.1. The van der Waals surface area contributed by atoms with Gasteiger partial charge in [0, 0.05) is 36.2 Å². The molecule has 3 N–H and O–H groups in total. The van der Waals surface area contributed by atoms with E-state index < -0.39 is 24.6 Å². The number of halogens is 1. The number of nitrogens with zero attached hydrogens (tertiary/aromatic N) is 2. The first kappa shape index (κ1) is 27.6. The van der Waals surface area contributed by atoms with Gasteiger partial charge in [0.25, 0.3) is 0 Å². The molecule has 1 aromatic heterocycles. The van der Waals surface area contributed by atoms with Crippen molar-refractivity contribution in [1.29, 1.82) is 0 Å². The lowest BCUT2D eigenvalue weighted by Gasteiger charge is -2.34. The number of benzene rings is 2. The fourth-order valence-corrected chi connectivity index (χ4v) is 5.31. The molecule has 2 unspecified atom stereocenters. The molecule has 0 bridgehead atoms. The van der Waals surface area contributed by atoms with Gasteiger partial charge in [0.05, 0.1) is 30.0 Å². The van der Waals surface area contributed by atoms with Crippen molar-refractivity contribution in [3.05, 3.63) is 77.7 Å². The summed E-state index contributed by atoms with van der Waals surface area (Å²) in [5.41, 5.74) is 5.87. The van der Waals surface area contributed by atoms with Gasteiger partial charge in [-0.25, -0.2) is 4.39 Å². The molecule has 0 radical (unpaired) electrons. The van der Waals surface area contributed by atoms with Crippen molar-refractivity contribution in [2.75, 3.05) is 18.1 Å². The van der Waals surface area contributed by atoms with E-state index in [1.807, 2.05) is 24.3 Å². The normalized spacial score (nSPS) is 15.8. The third kappa shape index (κ3) is 6.34. The SMILES string of the molecule is CC(C)c1c(/C=C/C(O)CC(O)CC(=O)O)c(-c2ccc(F)cc2)c(-c2ccccc2)n1N1CCCCC1. The van der Waals surface area contributed by atoms with E-state index in [1.165, 1.54) is 18.6 Å². The molecule has 2 atom stereocenters. The lowest BCUT2D eigenvalue weighted by atomic mass is 9.94. The number of rotatable bonds is 10. The summed E-state index contributed by atoms with van der Waals surface area (Å²) in [6.07, 6.45) is 4.21. The number of carbonyl (C=O) groups is 1. The summed E-state index contributed by atoms with van der Waals surface area (Å²) in [7, 11) is 0. The monoisotopic (exact) mass is 520 g/mol. The maximum Gasteiger partial charge on any atom is 0.305 e. The van der Waals surface area contributed by atoms with Crippen molar-refractivity contribution in [3.8, 4) is 22.4 Å². The minimum absolute atomic E-state index is 0.0793. The molecule has 1 aliphatic heterocycles. The third-order valence-corrected chi connectivity index (χ3v) is 6.97. The Bertz CT molecular complexity index is 1250. The summed E-state index contributed by atoms with van der Waals surface area (Å²) in [6, 6.07) is 16.7. The summed E-state index contributed by atoms with van der Waals surface area (Å²) in [5, 5.41) is 32.0. The first-order chi connectivity index (χ1) is 18.3. The molecule has 38 heavy (non-hydrogen) atoms. The topological polar surface area (TPSA) is 85.9 Å². The van der Waals surface area contributed by atoms with Crippen LogP contribution in [0.1, 0.15) is 63.1 Å². The number of hydrogen-bond donors (Lipinski definition) is 3. The van der Waals surface area contributed by atoms with Crippen molar-refractivity contribution in [3.63, 3.8) is 0 Å². The fraction of sp³-hybridized carbons (Fsp3) is 0.387. The molecule has 7 heteroatoms. The predicted molar refractivity (Wildman–Crippen MR) is 149 cm³/mol. The highest BCUT2D eigenvalue weighted by Crippen LogP contribution is 2.43. The maximum atomic E-state index is 14.0. The Kier molecular flexibility index (Phi) is 9.02. The summed E-state index contributed by atoms with van der Waals surface area (Å²) in [4.78, 5) is 10.9. The van der Waals surface area contributed by atoms with Crippen molar-refractivity contribution >= 4 is 12.0 Å². The molecule has 6 nitrogen and oxygen atoms in total. The second-order valence-electron chi connectivity index (χ2n) is 10.3. The molecule has 0 saturated carbocycles. The van der Waals surface area contributed by atoms with Crippen LogP contribution in [0.5, 0.6) is 0 Å². The maximum absolute atomic E-state index is 14.0. The first-order valence-corrected chi connectivity index (χ1v) is 13.4. The van der Waals surface area contributed by atoms with Crippen LogP contribution in [0, 0.1) is 5.82 Å². The van der Waals surface area contributed by atoms with Crippen molar-refractivity contribution in [2.45, 2.75) is 64.1 Å². The Hall–Kier alpha value is -3.42. The minimum Gasteiger partial charge on any atom is -0.481 e. The quantitative estimate of drug-likeness (QED) is 0.314. The van der Waals surface area contributed by atoms with Gasteiger partial charge in [0.2, 0.25) is 0 Å². The average molecular weight is 521 g/mol. The molecule has 0 aliphatic carbocycles. The summed E-state index contributed by atoms with van der Waals surface area (Å²) in [6.45, 7) is 6.13. The molecular weight excluding hydrogens is 483 g/mol. The van der Waals surface area contributed by atoms with E-state index in [4.69, 9.17) is 5.11 Å². The Morgan fingerprint density at radius 1 is 0.974 bits per heavy atom. The summed E-state index contributed by atoms with van der Waals surface area (Å²) < 4.78 is 16.3. The molecule has 0 spiro atoms. The van der Waals surface area contributed by atoms with Gasteiger partial charge in [-0.3, -0.25) is 9.47 Å². The van der Waals surface area contributed by atoms with Gasteiger partial charge in [-0.05, 0) is 42.9 Å². The highest BCUT2D eigenvalue weighted by atomic mass is 19.1. The second kappa shape index (κ2) is 12.4. The number of piperidine rings is 1. The van der Waals surface area contributed by atoms with Gasteiger partial charge < -0.3 is 20.3 Å². The Balaban J connectivity index is 1.94. The highest BCUT2D eigenvalue weighted by molar-refractivity contribution is 5.90. The van der Waals surface area contributed by atoms with Crippen LogP contribution in [0.25, 0.3) is 28.5 Å². The lowest BCUT2D eigenvalue weighted by molar-refractivity contribution is -0.139. The van der Waals surface area contributed by atoms with E-state index in [-0.39, 0.29) is 18.2 Å². The largest absolute Gasteiger partial charge is 0.481 e. The Morgan fingerprint density at radius 2 is 1.63 bits per heavy atom. The van der Waals surface area contributed by atoms with Crippen LogP contribution in [0.2, 0.25) is 0 Å². The van der Waals surface area contributed by atoms with Gasteiger partial charge >= 0.3 is 5.97 Å². The van der Waals surface area contributed by atoms with Gasteiger partial charge in [-0.2, -0.15) is 0 Å². The van der Waals surface area contributed by atoms with Crippen LogP contribution < -0.4 is 5.01 Å². The molecule has 4 rings (SSSR count). The molecule has 2 aromatic carbocycles. The van der Waals surface area contributed by atoms with Crippen LogP contribution in [0.3, 0.4) is 0 Å². The molecule has 2 heterocycles. The van der Waals surface area contributed by atoms with Crippen LogP contribution >= 0.6 is 0 Å². The number of aliphatic hydroxyl groups excluding tert-OH is 2. The summed E-state index contributed by atoms with van der Waals surface area (Å²) in [5.74, 6) is -1.29. The predicted octanol–water partition coefficient (Wildman–Crippen LogP) is 5.81. The van der Waals surface area contributed by atoms with Crippen LogP contribution in [0.15, 0.2) is 60.7 Å². The van der Waals surface area contributed by atoms with E-state index in [2.05, 4.69) is 35.7 Å². The van der Waals surface area contributed by atoms with Crippen molar-refractivity contribution < 1.29 is 24.5 Å². The molecule has 3 aromatic rings. The molecule has 1 fully saturated rings. The zero-order valence-corrected chi connectivity index (χ0v) is 22.1. The number of carboxylic acids is 1.